The Bertz CT molecular complexity index is 2520. The average molecular weight is 755 g/mol. The number of rotatable bonds is 8. The topological polar surface area (TPSA) is 58.0 Å². The summed E-state index contributed by atoms with van der Waals surface area (Å²) < 4.78 is -0.156. The number of para-hydroxylation sites is 2. The molecule has 0 bridgehead atoms. The summed E-state index contributed by atoms with van der Waals surface area (Å²) in [5.74, 6) is 1.37. The van der Waals surface area contributed by atoms with Gasteiger partial charge in [0.25, 0.3) is 0 Å². The van der Waals surface area contributed by atoms with Crippen molar-refractivity contribution in [1.82, 2.24) is 19.9 Å². The van der Waals surface area contributed by atoms with Crippen molar-refractivity contribution in [3.05, 3.63) is 155 Å². The Labute approximate surface area is 328 Å². The van der Waals surface area contributed by atoms with E-state index in [4.69, 9.17) is 19.9 Å². The summed E-state index contributed by atoms with van der Waals surface area (Å²) in [5, 5.41) is 2.43. The second kappa shape index (κ2) is 13.4. The van der Waals surface area contributed by atoms with E-state index in [-0.39, 0.29) is 4.66 Å². The van der Waals surface area contributed by atoms with Gasteiger partial charge in [0.15, 0.2) is 0 Å². The minimum atomic E-state index is -2.11. The fourth-order valence-electron chi connectivity index (χ4n) is 9.72. The SMILES string of the molecule is Cc1cc(C)nc(N(c2ccccc2)c2ccc3c(c2)C([Si](C)(C)C)([Si](C)(C)C)c2cc(N(c4ccccc4)c4nc(C)cc(C)n4)c4ccccc4c2-3)n1. The summed E-state index contributed by atoms with van der Waals surface area (Å²) in [6.07, 6.45) is 0. The quantitative estimate of drug-likeness (QED) is 0.144. The minimum absolute atomic E-state index is 0.156. The number of aromatic nitrogens is 4. The van der Waals surface area contributed by atoms with E-state index in [2.05, 4.69) is 172 Å². The zero-order valence-corrected chi connectivity index (χ0v) is 35.7. The number of benzene rings is 5. The molecule has 0 saturated carbocycles. The summed E-state index contributed by atoms with van der Waals surface area (Å²) in [5.41, 5.74) is 13.6. The third-order valence-corrected chi connectivity index (χ3v) is 21.3. The average Bonchev–Trinajstić information content (AvgIpc) is 3.43. The van der Waals surface area contributed by atoms with Gasteiger partial charge in [0.05, 0.1) is 21.8 Å². The van der Waals surface area contributed by atoms with Crippen LogP contribution in [0.1, 0.15) is 33.9 Å². The first-order valence-corrected chi connectivity index (χ1v) is 26.2. The van der Waals surface area contributed by atoms with E-state index in [1.54, 1.807) is 0 Å². The van der Waals surface area contributed by atoms with Crippen molar-refractivity contribution < 1.29 is 0 Å². The molecule has 0 aliphatic heterocycles. The van der Waals surface area contributed by atoms with Crippen LogP contribution in [0.25, 0.3) is 21.9 Å². The van der Waals surface area contributed by atoms with Gasteiger partial charge >= 0.3 is 0 Å². The van der Waals surface area contributed by atoms with Crippen LogP contribution in [0.15, 0.2) is 121 Å². The second-order valence-corrected chi connectivity index (χ2v) is 28.1. The van der Waals surface area contributed by atoms with Crippen LogP contribution >= 0.6 is 0 Å². The van der Waals surface area contributed by atoms with Gasteiger partial charge in [-0.15, -0.1) is 0 Å². The van der Waals surface area contributed by atoms with Gasteiger partial charge in [-0.2, -0.15) is 0 Å². The van der Waals surface area contributed by atoms with Crippen molar-refractivity contribution in [3.8, 4) is 11.1 Å². The molecule has 1 aliphatic rings. The van der Waals surface area contributed by atoms with Crippen molar-refractivity contribution in [1.29, 1.82) is 0 Å². The monoisotopic (exact) mass is 754 g/mol. The van der Waals surface area contributed by atoms with Crippen LogP contribution in [-0.2, 0) is 4.66 Å². The maximum atomic E-state index is 5.08. The molecule has 0 amide bonds. The predicted molar refractivity (Wildman–Crippen MR) is 236 cm³/mol. The van der Waals surface area contributed by atoms with E-state index in [1.807, 2.05) is 26.0 Å². The van der Waals surface area contributed by atoms with E-state index in [9.17, 15) is 0 Å². The predicted octanol–water partition coefficient (Wildman–Crippen LogP) is 12.6. The summed E-state index contributed by atoms with van der Waals surface area (Å²) in [4.78, 5) is 24.7. The zero-order chi connectivity index (χ0) is 38.9. The van der Waals surface area contributed by atoms with Crippen molar-refractivity contribution in [2.24, 2.45) is 0 Å². The number of aryl methyl sites for hydroxylation is 4. The molecule has 8 rings (SSSR count). The maximum Gasteiger partial charge on any atom is 0.235 e. The van der Waals surface area contributed by atoms with E-state index in [1.165, 1.54) is 33.0 Å². The van der Waals surface area contributed by atoms with Gasteiger partial charge in [0.2, 0.25) is 11.9 Å². The molecule has 7 aromatic rings. The largest absolute Gasteiger partial charge is 0.279 e. The lowest BCUT2D eigenvalue weighted by molar-refractivity contribution is 0.948. The molecule has 8 heteroatoms. The lowest BCUT2D eigenvalue weighted by Crippen LogP contribution is -2.63. The van der Waals surface area contributed by atoms with Crippen molar-refractivity contribution in [3.63, 3.8) is 0 Å². The summed E-state index contributed by atoms with van der Waals surface area (Å²) in [6, 6.07) is 43.9. The fraction of sp³-hybridized carbons (Fsp3) is 0.234. The van der Waals surface area contributed by atoms with Crippen molar-refractivity contribution in [2.75, 3.05) is 9.80 Å². The Morgan fingerprint density at radius 3 is 1.40 bits per heavy atom. The number of fused-ring (bicyclic) bond motifs is 5. The first kappa shape index (κ1) is 36.5. The van der Waals surface area contributed by atoms with Crippen LogP contribution < -0.4 is 9.80 Å². The third kappa shape index (κ3) is 5.99. The highest BCUT2D eigenvalue weighted by molar-refractivity contribution is 6.99. The molecule has 0 fully saturated rings. The molecule has 6 nitrogen and oxygen atoms in total. The van der Waals surface area contributed by atoms with E-state index in [0.717, 1.165) is 45.5 Å². The molecule has 55 heavy (non-hydrogen) atoms. The van der Waals surface area contributed by atoms with Crippen LogP contribution in [0.4, 0.5) is 34.6 Å². The Morgan fingerprint density at radius 2 is 0.891 bits per heavy atom. The summed E-state index contributed by atoms with van der Waals surface area (Å²) in [7, 11) is -4.21. The Kier molecular flexibility index (Phi) is 8.89. The Balaban J connectivity index is 1.48. The lowest BCUT2D eigenvalue weighted by Gasteiger charge is -2.51. The van der Waals surface area contributed by atoms with Gasteiger partial charge in [-0.1, -0.05) is 106 Å². The van der Waals surface area contributed by atoms with Gasteiger partial charge < -0.3 is 0 Å². The summed E-state index contributed by atoms with van der Waals surface area (Å²) in [6.45, 7) is 23.7. The third-order valence-electron chi connectivity index (χ3n) is 11.2. The van der Waals surface area contributed by atoms with Crippen LogP contribution in [-0.4, -0.2) is 36.1 Å². The Morgan fingerprint density at radius 1 is 0.436 bits per heavy atom. The normalized spacial score (nSPS) is 13.4. The molecule has 0 saturated heterocycles. The first-order valence-electron chi connectivity index (χ1n) is 19.2. The molecule has 0 N–H and O–H groups in total. The summed E-state index contributed by atoms with van der Waals surface area (Å²) >= 11 is 0. The molecule has 0 atom stereocenters. The molecular weight excluding hydrogens is 705 g/mol. The van der Waals surface area contributed by atoms with E-state index < -0.39 is 16.1 Å². The number of nitrogens with zero attached hydrogens (tertiary/aromatic N) is 6. The molecule has 0 radical (unpaired) electrons. The zero-order valence-electron chi connectivity index (χ0n) is 33.7. The second-order valence-electron chi connectivity index (χ2n) is 17.1. The molecule has 5 aromatic carbocycles. The van der Waals surface area contributed by atoms with Gasteiger partial charge in [0.1, 0.15) is 0 Å². The maximum absolute atomic E-state index is 5.08. The Hall–Kier alpha value is -5.45. The molecular formula is C47H50N6Si2. The standard InChI is InChI=1S/C47H50N6Si2/c1-31-27-32(2)49-45(48-31)52(35-19-13-11-14-20-35)37-25-26-40-41(29-37)47(54(5,6)7,55(8,9)10)42-30-43(38-23-17-18-24-39(38)44(40)42)53(36-21-15-12-16-22-36)46-50-33(3)28-34(4)51-46/h11-30H,1-10H3. The molecule has 1 aliphatic carbocycles. The number of anilines is 6. The molecule has 276 valence electrons. The molecule has 0 unspecified atom stereocenters. The molecule has 0 spiro atoms. The van der Waals surface area contributed by atoms with Gasteiger partial charge in [-0.05, 0) is 110 Å². The van der Waals surface area contributed by atoms with E-state index in [0.29, 0.717) is 11.9 Å². The molecule has 2 heterocycles. The van der Waals surface area contributed by atoms with Crippen LogP contribution in [0, 0.1) is 27.7 Å². The van der Waals surface area contributed by atoms with Gasteiger partial charge in [0, 0.05) is 49.9 Å². The number of hydrogen-bond acceptors (Lipinski definition) is 6. The molecule has 2 aromatic heterocycles. The number of hydrogen-bond donors (Lipinski definition) is 0. The first-order chi connectivity index (χ1) is 26.2. The van der Waals surface area contributed by atoms with Crippen LogP contribution in [0.3, 0.4) is 0 Å². The van der Waals surface area contributed by atoms with Gasteiger partial charge in [-0.25, -0.2) is 19.9 Å². The highest BCUT2D eigenvalue weighted by Crippen LogP contribution is 2.61. The van der Waals surface area contributed by atoms with Crippen molar-refractivity contribution >= 4 is 61.6 Å². The van der Waals surface area contributed by atoms with Gasteiger partial charge in [-0.3, -0.25) is 9.80 Å². The van der Waals surface area contributed by atoms with E-state index >= 15 is 0 Å². The highest BCUT2D eigenvalue weighted by Gasteiger charge is 2.60. The fourth-order valence-corrected chi connectivity index (χ4v) is 22.8. The lowest BCUT2D eigenvalue weighted by atomic mass is 9.95. The highest BCUT2D eigenvalue weighted by atomic mass is 28.4. The smallest absolute Gasteiger partial charge is 0.235 e. The van der Waals surface area contributed by atoms with Crippen LogP contribution in [0.5, 0.6) is 0 Å². The van der Waals surface area contributed by atoms with Crippen molar-refractivity contribution in [2.45, 2.75) is 71.6 Å². The minimum Gasteiger partial charge on any atom is -0.279 e. The van der Waals surface area contributed by atoms with Crippen LogP contribution in [0.2, 0.25) is 39.3 Å².